The molecule has 5 aliphatic rings. The molecule has 14 nitrogen and oxygen atoms in total. The summed E-state index contributed by atoms with van der Waals surface area (Å²) >= 11 is 0. The second-order valence-corrected chi connectivity index (χ2v) is 18.7. The number of nitrogens with one attached hydrogen (secondary N) is 2. The molecule has 0 bridgehead atoms. The van der Waals surface area contributed by atoms with E-state index in [2.05, 4.69) is 36.3 Å². The highest BCUT2D eigenvalue weighted by Gasteiger charge is 2.44. The highest BCUT2D eigenvalue weighted by molar-refractivity contribution is 6.05. The minimum Gasteiger partial charge on any atom is -0.386 e. The van der Waals surface area contributed by atoms with Gasteiger partial charge >= 0.3 is 0 Å². The van der Waals surface area contributed by atoms with E-state index in [0.29, 0.717) is 51.6 Å². The van der Waals surface area contributed by atoms with Gasteiger partial charge in [0.1, 0.15) is 23.4 Å². The number of nitriles is 1. The number of amides is 3. The number of aliphatic hydroxyl groups is 1. The third kappa shape index (κ3) is 7.49. The molecule has 1 aliphatic carbocycles. The predicted molar refractivity (Wildman–Crippen MR) is 226 cm³/mol. The van der Waals surface area contributed by atoms with E-state index in [0.717, 1.165) is 88.3 Å². The average molecular weight is 845 g/mol. The zero-order valence-corrected chi connectivity index (χ0v) is 34.9. The number of likely N-dealkylation sites (tertiary alicyclic amines) is 2. The topological polar surface area (TPSA) is 164 Å². The van der Waals surface area contributed by atoms with Crippen LogP contribution in [0.15, 0.2) is 54.9 Å². The number of halogens is 2. The lowest BCUT2D eigenvalue weighted by molar-refractivity contribution is -0.134. The second kappa shape index (κ2) is 15.5. The minimum absolute atomic E-state index is 0.0678. The van der Waals surface area contributed by atoms with Crippen LogP contribution in [0, 0.1) is 40.7 Å². The number of carbonyl (C=O) groups excluding carboxylic acids is 3. The molecule has 4 aliphatic heterocycles. The summed E-state index contributed by atoms with van der Waals surface area (Å²) in [6.45, 7) is 10.3. The zero-order valence-electron chi connectivity index (χ0n) is 34.9. The molecule has 5 aromatic rings. The van der Waals surface area contributed by atoms with Crippen LogP contribution in [0.2, 0.25) is 0 Å². The first-order chi connectivity index (χ1) is 29.8. The largest absolute Gasteiger partial charge is 0.386 e. The molecule has 5 fully saturated rings. The van der Waals surface area contributed by atoms with E-state index in [9.17, 15) is 24.8 Å². The lowest BCUT2D eigenvalue weighted by atomic mass is 9.77. The van der Waals surface area contributed by atoms with Gasteiger partial charge in [-0.05, 0) is 100 Å². The van der Waals surface area contributed by atoms with Crippen molar-refractivity contribution in [2.45, 2.75) is 76.0 Å². The van der Waals surface area contributed by atoms with Crippen LogP contribution in [0.5, 0.6) is 0 Å². The molecule has 0 radical (unpaired) electrons. The fourth-order valence-electron chi connectivity index (χ4n) is 10.5. The maximum absolute atomic E-state index is 15.1. The summed E-state index contributed by atoms with van der Waals surface area (Å²) in [7, 11) is 0. The predicted octanol–water partition coefficient (Wildman–Crippen LogP) is 5.32. The van der Waals surface area contributed by atoms with Crippen molar-refractivity contribution < 1.29 is 28.3 Å². The van der Waals surface area contributed by atoms with Crippen LogP contribution in [0.3, 0.4) is 0 Å². The molecule has 1 saturated carbocycles. The average Bonchev–Trinajstić information content (AvgIpc) is 3.81. The van der Waals surface area contributed by atoms with Gasteiger partial charge in [0.15, 0.2) is 0 Å². The molecular formula is C46H50F2N10O4. The molecule has 3 aromatic heterocycles. The summed E-state index contributed by atoms with van der Waals surface area (Å²) in [6, 6.07) is 14.4. The van der Waals surface area contributed by atoms with Gasteiger partial charge in [0.2, 0.25) is 11.8 Å². The lowest BCUT2D eigenvalue weighted by Gasteiger charge is -2.55. The minimum atomic E-state index is -1.24. The van der Waals surface area contributed by atoms with E-state index in [-0.39, 0.29) is 30.4 Å². The van der Waals surface area contributed by atoms with Crippen LogP contribution in [-0.2, 0) is 15.2 Å². The summed E-state index contributed by atoms with van der Waals surface area (Å²) < 4.78 is 33.7. The number of aromatic nitrogens is 4. The molecule has 0 unspecified atom stereocenters. The number of hydrogen-bond donors (Lipinski definition) is 3. The van der Waals surface area contributed by atoms with Gasteiger partial charge in [-0.2, -0.15) is 15.5 Å². The Kier molecular flexibility index (Phi) is 10.1. The van der Waals surface area contributed by atoms with Gasteiger partial charge in [-0.25, -0.2) is 13.3 Å². The van der Waals surface area contributed by atoms with E-state index in [1.54, 1.807) is 32.0 Å². The van der Waals surface area contributed by atoms with Crippen LogP contribution in [0.4, 0.5) is 20.2 Å². The normalized spacial score (nSPS) is 23.2. The van der Waals surface area contributed by atoms with Crippen LogP contribution in [-0.4, -0.2) is 104 Å². The fourth-order valence-corrected chi connectivity index (χ4v) is 10.5. The van der Waals surface area contributed by atoms with Gasteiger partial charge in [-0.15, -0.1) is 0 Å². The van der Waals surface area contributed by atoms with Crippen molar-refractivity contribution in [1.82, 2.24) is 34.5 Å². The summed E-state index contributed by atoms with van der Waals surface area (Å²) in [5.41, 5.74) is 2.18. The summed E-state index contributed by atoms with van der Waals surface area (Å²) in [6.07, 6.45) is 7.93. The molecule has 322 valence electrons. The molecular weight excluding hydrogens is 795 g/mol. The number of hydrogen-bond acceptors (Lipinski definition) is 10. The quantitative estimate of drug-likeness (QED) is 0.157. The first kappa shape index (κ1) is 40.3. The van der Waals surface area contributed by atoms with Crippen molar-refractivity contribution in [3.05, 3.63) is 88.9 Å². The molecule has 4 saturated heterocycles. The van der Waals surface area contributed by atoms with Gasteiger partial charge in [0.25, 0.3) is 5.91 Å². The number of piperidine rings is 1. The smallest absolute Gasteiger partial charge is 0.274 e. The van der Waals surface area contributed by atoms with Crippen LogP contribution in [0.25, 0.3) is 16.4 Å². The molecule has 16 heteroatoms. The first-order valence-corrected chi connectivity index (χ1v) is 21.8. The molecule has 3 N–H and O–H groups in total. The fraction of sp³-hybridized carbons (Fsp3) is 0.478. The Bertz CT molecular complexity index is 2620. The molecule has 3 amide bonds. The highest BCUT2D eigenvalue weighted by Crippen LogP contribution is 2.40. The molecule has 0 spiro atoms. The van der Waals surface area contributed by atoms with Crippen molar-refractivity contribution in [2.75, 3.05) is 56.0 Å². The van der Waals surface area contributed by atoms with E-state index in [4.69, 9.17) is 5.10 Å². The van der Waals surface area contributed by atoms with Gasteiger partial charge in [-0.1, -0.05) is 0 Å². The molecule has 1 atom stereocenters. The lowest BCUT2D eigenvalue weighted by Crippen LogP contribution is -2.63. The third-order valence-corrected chi connectivity index (χ3v) is 14.1. The van der Waals surface area contributed by atoms with Gasteiger partial charge in [-0.3, -0.25) is 29.3 Å². The number of imide groups is 1. The Morgan fingerprint density at radius 2 is 1.66 bits per heavy atom. The van der Waals surface area contributed by atoms with Crippen molar-refractivity contribution in [1.29, 1.82) is 5.26 Å². The molecule has 10 rings (SSSR count). The number of anilines is 2. The van der Waals surface area contributed by atoms with Gasteiger partial charge in [0.05, 0.1) is 40.4 Å². The second-order valence-electron chi connectivity index (χ2n) is 18.7. The molecule has 2 aromatic carbocycles. The number of benzene rings is 2. The van der Waals surface area contributed by atoms with E-state index >= 15 is 8.78 Å². The summed E-state index contributed by atoms with van der Waals surface area (Å²) in [5, 5.41) is 35.7. The zero-order chi connectivity index (χ0) is 43.0. The van der Waals surface area contributed by atoms with E-state index in [1.807, 2.05) is 23.2 Å². The number of fused-ring (bicyclic) bond motifs is 2. The van der Waals surface area contributed by atoms with Gasteiger partial charge < -0.3 is 20.2 Å². The third-order valence-electron chi connectivity index (χ3n) is 14.1. The van der Waals surface area contributed by atoms with Crippen molar-refractivity contribution in [2.24, 2.45) is 17.8 Å². The Morgan fingerprint density at radius 3 is 2.35 bits per heavy atom. The van der Waals surface area contributed by atoms with Gasteiger partial charge in [0, 0.05) is 98.3 Å². The Labute approximate surface area is 357 Å². The SMILES string of the molecule is CC(C)(O)c1cc2nn(C3CCC(N4CC(C5CN(CC6CN(c7cc(F)c([C@H]8CCC(=O)NC8=O)c(F)c7)C6)C5)C4)CC3)cc2cc1NC(=O)c1ccc2cc(C#N)cnn12. The maximum Gasteiger partial charge on any atom is 0.274 e. The van der Waals surface area contributed by atoms with Crippen molar-refractivity contribution >= 4 is 45.5 Å². The van der Waals surface area contributed by atoms with Crippen LogP contribution < -0.4 is 15.5 Å². The Morgan fingerprint density at radius 1 is 0.952 bits per heavy atom. The van der Waals surface area contributed by atoms with E-state index < -0.39 is 35.0 Å². The standard InChI is InChI=1S/C46H50F2N10O4/c1-46(2,62)36-15-39-28(12-40(36)51-45(61)41-9-7-33-11-26(16-49)17-50-58(33)41)25-57(53-39)32-5-3-31(4-6-32)56-23-30(24-56)29-21-54(22-29)18-27-19-55(20-27)34-13-37(47)43(38(48)14-34)35-8-10-42(59)52-44(35)60/h7,9,11-15,17,25,27,29-32,35,62H,3-6,8,10,18-24H2,1-2H3,(H,51,61)(H,52,59,60)/t31?,32?,35-/m1/s1. The number of carbonyl (C=O) groups is 3. The molecule has 7 heterocycles. The van der Waals surface area contributed by atoms with Crippen molar-refractivity contribution in [3.8, 4) is 6.07 Å². The number of rotatable bonds is 10. The van der Waals surface area contributed by atoms with Crippen LogP contribution in [0.1, 0.15) is 91.5 Å². The maximum atomic E-state index is 15.1. The highest BCUT2D eigenvalue weighted by atomic mass is 19.1. The monoisotopic (exact) mass is 844 g/mol. The van der Waals surface area contributed by atoms with Crippen LogP contribution >= 0.6 is 0 Å². The molecule has 62 heavy (non-hydrogen) atoms. The summed E-state index contributed by atoms with van der Waals surface area (Å²) in [4.78, 5) is 44.4. The van der Waals surface area contributed by atoms with Crippen molar-refractivity contribution in [3.63, 3.8) is 0 Å². The first-order valence-electron chi connectivity index (χ1n) is 21.8. The summed E-state index contributed by atoms with van der Waals surface area (Å²) in [5.74, 6) is -2.03. The Hall–Kier alpha value is -5.76. The Balaban J connectivity index is 0.682. The number of nitrogens with zero attached hydrogens (tertiary/aromatic N) is 8. The van der Waals surface area contributed by atoms with E-state index in [1.165, 1.54) is 22.8 Å².